The smallest absolute Gasteiger partial charge is 0.255 e. The Labute approximate surface area is 474 Å². The van der Waals surface area contributed by atoms with Crippen molar-refractivity contribution >= 4 is 65.0 Å². The highest BCUT2D eigenvalue weighted by atomic mass is 16.3. The number of carbonyl (C=O) groups excluding carboxylic acids is 11. The van der Waals surface area contributed by atoms with E-state index in [-0.39, 0.29) is 70.6 Å². The summed E-state index contributed by atoms with van der Waals surface area (Å²) in [6.07, 6.45) is -4.05. The van der Waals surface area contributed by atoms with Crippen LogP contribution in [0.3, 0.4) is 0 Å². The third kappa shape index (κ3) is 24.6. The fraction of sp³-hybridized carbons (Fsp3) is 0.784. The van der Waals surface area contributed by atoms with Crippen molar-refractivity contribution < 1.29 is 68.1 Å². The molecule has 24 N–H and O–H groups in total. The first-order chi connectivity index (χ1) is 38.2. The molecule has 1 saturated heterocycles. The normalized spacial score (nSPS) is 23.8. The van der Waals surface area contributed by atoms with Crippen LogP contribution in [0.15, 0.2) is 0 Å². The van der Waals surface area contributed by atoms with E-state index in [4.69, 9.17) is 34.4 Å². The van der Waals surface area contributed by atoms with Crippen LogP contribution in [0, 0.1) is 11.8 Å². The molecule has 81 heavy (non-hydrogen) atoms. The molecule has 11 amide bonds. The topological polar surface area (TPSA) is 516 Å². The van der Waals surface area contributed by atoms with Crippen LogP contribution in [0.1, 0.15) is 126 Å². The van der Waals surface area contributed by atoms with Crippen molar-refractivity contribution in [1.82, 2.24) is 52.8 Å². The molecule has 30 nitrogen and oxygen atoms in total. The Bertz CT molecular complexity index is 2070. The second-order valence-electron chi connectivity index (χ2n) is 21.0. The van der Waals surface area contributed by atoms with E-state index in [1.54, 1.807) is 13.8 Å². The molecular formula is C51H96N16O14. The quantitative estimate of drug-likeness (QED) is 0.0310. The number of hydrogen-bond donors (Lipinski definition) is 18. The summed E-state index contributed by atoms with van der Waals surface area (Å²) in [6.45, 7) is 9.27. The molecule has 1 aliphatic heterocycles. The third-order valence-electron chi connectivity index (χ3n) is 13.5. The lowest BCUT2D eigenvalue weighted by Gasteiger charge is -2.36. The van der Waals surface area contributed by atoms with Crippen molar-refractivity contribution in [3.05, 3.63) is 0 Å². The summed E-state index contributed by atoms with van der Waals surface area (Å²) in [7, 11) is 0. The van der Waals surface area contributed by atoms with Gasteiger partial charge in [0.15, 0.2) is 0 Å². The largest absolute Gasteiger partial charge is 0.391 e. The van der Waals surface area contributed by atoms with Gasteiger partial charge < -0.3 is 97.6 Å². The summed E-state index contributed by atoms with van der Waals surface area (Å²) >= 11 is 0. The predicted octanol–water partition coefficient (Wildman–Crippen LogP) is -7.03. The first-order valence-electron chi connectivity index (χ1n) is 28.0. The van der Waals surface area contributed by atoms with Gasteiger partial charge in [-0.05, 0) is 123 Å². The monoisotopic (exact) mass is 1160 g/mol. The zero-order valence-corrected chi connectivity index (χ0v) is 48.1. The Morgan fingerprint density at radius 2 is 0.975 bits per heavy atom. The van der Waals surface area contributed by atoms with Gasteiger partial charge in [-0.25, -0.2) is 0 Å². The zero-order valence-electron chi connectivity index (χ0n) is 48.1. The van der Waals surface area contributed by atoms with E-state index in [2.05, 4.69) is 61.7 Å². The number of amides is 11. The van der Waals surface area contributed by atoms with E-state index >= 15 is 9.59 Å². The molecule has 0 aromatic rings. The SMILES string of the molecule is CCC(C)CCCCC(=O)NC(CCN)C(=O)N[C@H](C(=O)NC(CCN)C(=O)N1C(=O)[C@H]([C@@H](C)O)NC(=O)C(CCN)NC(=O)C(CCN)NC(=O)[C@H]([C@@H](C)O)NC(=O)C(CC(C)C)NC(=O)C(CCN)NC(=O)C1CCN)[C@@H](C)O. The molecule has 0 spiro atoms. The average Bonchev–Trinajstić information content (AvgIpc) is 3.43. The predicted molar refractivity (Wildman–Crippen MR) is 297 cm³/mol. The summed E-state index contributed by atoms with van der Waals surface area (Å²) in [5.41, 5.74) is 35.3. The van der Waals surface area contributed by atoms with E-state index in [0.29, 0.717) is 17.2 Å². The Kier molecular flexibility index (Phi) is 34.2. The van der Waals surface area contributed by atoms with Crippen molar-refractivity contribution in [2.24, 2.45) is 46.2 Å². The van der Waals surface area contributed by atoms with Crippen LogP contribution in [0.4, 0.5) is 0 Å². The molecule has 1 rings (SSSR count). The highest BCUT2D eigenvalue weighted by Crippen LogP contribution is 2.17. The van der Waals surface area contributed by atoms with Crippen LogP contribution in [0.2, 0.25) is 0 Å². The number of nitrogens with one attached hydrogen (secondary N) is 9. The Morgan fingerprint density at radius 3 is 1.44 bits per heavy atom. The van der Waals surface area contributed by atoms with Crippen LogP contribution in [-0.2, 0) is 52.7 Å². The van der Waals surface area contributed by atoms with Gasteiger partial charge in [-0.3, -0.25) is 57.6 Å². The van der Waals surface area contributed by atoms with Gasteiger partial charge in [0.25, 0.3) is 11.8 Å². The first kappa shape index (κ1) is 73.0. The molecule has 14 atom stereocenters. The van der Waals surface area contributed by atoms with E-state index in [9.17, 15) is 58.5 Å². The van der Waals surface area contributed by atoms with E-state index in [1.165, 1.54) is 6.92 Å². The van der Waals surface area contributed by atoms with Gasteiger partial charge in [0.1, 0.15) is 60.4 Å². The van der Waals surface area contributed by atoms with Gasteiger partial charge >= 0.3 is 0 Å². The molecule has 0 bridgehead atoms. The number of aliphatic hydroxyl groups is 3. The lowest BCUT2D eigenvalue weighted by molar-refractivity contribution is -0.158. The highest BCUT2D eigenvalue weighted by Gasteiger charge is 2.45. The fourth-order valence-corrected chi connectivity index (χ4v) is 8.68. The van der Waals surface area contributed by atoms with Gasteiger partial charge in [0, 0.05) is 6.42 Å². The number of aliphatic hydroxyl groups excluding tert-OH is 3. The van der Waals surface area contributed by atoms with Crippen molar-refractivity contribution in [2.75, 3.05) is 39.3 Å². The molecule has 0 aromatic heterocycles. The lowest BCUT2D eigenvalue weighted by atomic mass is 10.0. The van der Waals surface area contributed by atoms with E-state index in [0.717, 1.165) is 33.1 Å². The molecule has 8 unspecified atom stereocenters. The van der Waals surface area contributed by atoms with Crippen LogP contribution in [0.5, 0.6) is 0 Å². The summed E-state index contributed by atoms with van der Waals surface area (Å²) in [6, 6.07) is -17.2. The van der Waals surface area contributed by atoms with Gasteiger partial charge in [-0.1, -0.05) is 47.0 Å². The van der Waals surface area contributed by atoms with Crippen LogP contribution < -0.4 is 82.3 Å². The Morgan fingerprint density at radius 1 is 0.519 bits per heavy atom. The molecule has 1 aliphatic rings. The maximum absolute atomic E-state index is 15.2. The van der Waals surface area contributed by atoms with Gasteiger partial charge in [0.2, 0.25) is 53.2 Å². The fourth-order valence-electron chi connectivity index (χ4n) is 8.68. The summed E-state index contributed by atoms with van der Waals surface area (Å²) < 4.78 is 0. The minimum atomic E-state index is -2.17. The first-order valence-corrected chi connectivity index (χ1v) is 28.0. The minimum Gasteiger partial charge on any atom is -0.391 e. The summed E-state index contributed by atoms with van der Waals surface area (Å²) in [5, 5.41) is 54.8. The van der Waals surface area contributed by atoms with E-state index < -0.39 is 170 Å². The minimum absolute atomic E-state index is 0.0679. The number of hydrogen-bond acceptors (Lipinski definition) is 20. The summed E-state index contributed by atoms with van der Waals surface area (Å²) in [5.74, 6) is -11.8. The van der Waals surface area contributed by atoms with Crippen molar-refractivity contribution in [1.29, 1.82) is 0 Å². The maximum Gasteiger partial charge on any atom is 0.255 e. The number of unbranched alkanes of at least 4 members (excludes halogenated alkanes) is 1. The van der Waals surface area contributed by atoms with Gasteiger partial charge in [-0.15, -0.1) is 0 Å². The summed E-state index contributed by atoms with van der Waals surface area (Å²) in [4.78, 5) is 157. The molecule has 464 valence electrons. The number of carbonyl (C=O) groups is 11. The van der Waals surface area contributed by atoms with Crippen molar-refractivity contribution in [3.63, 3.8) is 0 Å². The second-order valence-corrected chi connectivity index (χ2v) is 21.0. The third-order valence-corrected chi connectivity index (χ3v) is 13.5. The van der Waals surface area contributed by atoms with Crippen molar-refractivity contribution in [3.8, 4) is 0 Å². The number of imide groups is 1. The number of rotatable bonds is 29. The Hall–Kier alpha value is -5.99. The van der Waals surface area contributed by atoms with Crippen LogP contribution >= 0.6 is 0 Å². The molecule has 1 fully saturated rings. The molecule has 30 heteroatoms. The number of nitrogens with zero attached hydrogens (tertiary/aromatic N) is 1. The molecule has 0 saturated carbocycles. The molecular weight excluding hydrogens is 1060 g/mol. The lowest BCUT2D eigenvalue weighted by Crippen LogP contribution is -2.66. The van der Waals surface area contributed by atoms with Gasteiger partial charge in [0.05, 0.1) is 18.3 Å². The maximum atomic E-state index is 15.2. The van der Waals surface area contributed by atoms with Gasteiger partial charge in [-0.2, -0.15) is 0 Å². The zero-order chi connectivity index (χ0) is 61.7. The molecule has 1 heterocycles. The standard InChI is InChI=1S/C51H96N16O14/c1-8-27(4)11-9-10-12-38(71)58-31(13-19-52)44(74)64-40(29(6)69)49(79)62-35(17-23-56)50(80)67-37(18-24-57)47(77)60-32(14-20-53)43(73)63-36(25-26(2)3)46(76)65-39(28(5)68)48(78)61-33(15-21-54)42(72)59-34(16-22-55)45(75)66-41(30(7)70)51(67)81/h26-37,39-41,68-70H,8-25,52-57H2,1-7H3,(H,58,71)(H,59,72)(H,60,77)(H,61,78)(H,62,79)(H,63,73)(H,64,74)(H,65,76)(H,66,75)/t27?,28-,29-,30-,31?,32?,33?,34?,35?,36?,37?,39+,40+,41+/m1/s1. The van der Waals surface area contributed by atoms with Crippen LogP contribution in [0.25, 0.3) is 0 Å². The number of nitrogens with two attached hydrogens (primary N) is 6. The second kappa shape index (κ2) is 37.9. The highest BCUT2D eigenvalue weighted by molar-refractivity contribution is 6.07. The van der Waals surface area contributed by atoms with Crippen molar-refractivity contribution in [2.45, 2.75) is 204 Å². The molecule has 0 aliphatic carbocycles. The Balaban J connectivity index is 4.16. The average molecular weight is 1160 g/mol. The molecule has 0 aromatic carbocycles. The van der Waals surface area contributed by atoms with Crippen LogP contribution in [-0.4, -0.2) is 203 Å². The van der Waals surface area contributed by atoms with E-state index in [1.807, 2.05) is 0 Å². The molecule has 0 radical (unpaired) electrons.